The summed E-state index contributed by atoms with van der Waals surface area (Å²) in [4.78, 5) is 42.0. The van der Waals surface area contributed by atoms with Gasteiger partial charge in [0.15, 0.2) is 11.7 Å². The lowest BCUT2D eigenvalue weighted by molar-refractivity contribution is -0.139. The van der Waals surface area contributed by atoms with E-state index in [-0.39, 0.29) is 18.2 Å². The van der Waals surface area contributed by atoms with Gasteiger partial charge in [0.2, 0.25) is 0 Å². The highest BCUT2D eigenvalue weighted by Crippen LogP contribution is 2.17. The van der Waals surface area contributed by atoms with Crippen LogP contribution in [0.4, 0.5) is 10.5 Å². The molecule has 1 atom stereocenters. The van der Waals surface area contributed by atoms with E-state index in [1.165, 1.54) is 0 Å². The number of ketones is 1. The zero-order chi connectivity index (χ0) is 25.2. The van der Waals surface area contributed by atoms with Gasteiger partial charge in [0.25, 0.3) is 0 Å². The van der Waals surface area contributed by atoms with Gasteiger partial charge in [0.05, 0.1) is 18.9 Å². The molecule has 0 saturated carbocycles. The number of carboxylic acid groups (broad SMARTS) is 1. The summed E-state index contributed by atoms with van der Waals surface area (Å²) in [5.41, 5.74) is 13.7. The van der Waals surface area contributed by atoms with Crippen LogP contribution in [-0.4, -0.2) is 66.1 Å². The third-order valence-corrected chi connectivity index (χ3v) is 5.65. The Balaban J connectivity index is 1.49. The molecule has 3 rings (SSSR count). The average molecular weight is 482 g/mol. The summed E-state index contributed by atoms with van der Waals surface area (Å²) in [6, 6.07) is 13.0. The number of benzene rings is 2. The highest BCUT2D eigenvalue weighted by Gasteiger charge is 2.24. The first kappa shape index (κ1) is 25.7. The van der Waals surface area contributed by atoms with Gasteiger partial charge in [0.1, 0.15) is 6.04 Å². The molecule has 10 heteroatoms. The third-order valence-electron chi connectivity index (χ3n) is 5.65. The summed E-state index contributed by atoms with van der Waals surface area (Å²) in [5.74, 6) is -1.14. The monoisotopic (exact) mass is 481 g/mol. The van der Waals surface area contributed by atoms with Crippen molar-refractivity contribution in [1.29, 1.82) is 0 Å². The van der Waals surface area contributed by atoms with Crippen LogP contribution in [0.5, 0.6) is 0 Å². The Hall–Kier alpha value is -3.92. The fourth-order valence-corrected chi connectivity index (χ4v) is 3.78. The van der Waals surface area contributed by atoms with Gasteiger partial charge in [-0.3, -0.25) is 4.79 Å². The van der Waals surface area contributed by atoms with E-state index in [9.17, 15) is 19.5 Å². The Morgan fingerprint density at radius 2 is 1.74 bits per heavy atom. The van der Waals surface area contributed by atoms with Crippen LogP contribution in [-0.2, 0) is 22.4 Å². The van der Waals surface area contributed by atoms with Crippen LogP contribution in [0.15, 0.2) is 53.5 Å². The minimum absolute atomic E-state index is 0.00886. The summed E-state index contributed by atoms with van der Waals surface area (Å²) in [6.45, 7) is 1.78. The number of urea groups is 1. The number of Topliss-reactive ketones (excluding diaryl/α,β-unsaturated/α-hetero) is 1. The molecule has 1 aliphatic rings. The van der Waals surface area contributed by atoms with E-state index in [0.29, 0.717) is 56.8 Å². The van der Waals surface area contributed by atoms with E-state index >= 15 is 0 Å². The van der Waals surface area contributed by atoms with Crippen LogP contribution in [0, 0.1) is 0 Å². The van der Waals surface area contributed by atoms with Gasteiger partial charge in [-0.25, -0.2) is 14.6 Å². The Morgan fingerprint density at radius 3 is 2.40 bits per heavy atom. The number of aliphatic imine (C=N–C) groups is 1. The largest absolute Gasteiger partial charge is 0.480 e. The van der Waals surface area contributed by atoms with Gasteiger partial charge < -0.3 is 31.5 Å². The summed E-state index contributed by atoms with van der Waals surface area (Å²) in [5, 5.41) is 12.1. The number of carbonyl (C=O) groups excluding carboxylic acids is 2. The van der Waals surface area contributed by atoms with Gasteiger partial charge in [-0.15, -0.1) is 0 Å². The van der Waals surface area contributed by atoms with Crippen molar-refractivity contribution >= 4 is 29.4 Å². The van der Waals surface area contributed by atoms with Crippen molar-refractivity contribution in [2.24, 2.45) is 16.5 Å². The fraction of sp³-hybridized carbons (Fsp3) is 0.360. The number of hydrogen-bond acceptors (Lipinski definition) is 5. The number of nitrogens with one attached hydrogen (secondary N) is 1. The number of ether oxygens (including phenoxy) is 1. The van der Waals surface area contributed by atoms with Crippen molar-refractivity contribution in [2.45, 2.75) is 31.7 Å². The number of aliphatic carboxylic acids is 1. The lowest BCUT2D eigenvalue weighted by Gasteiger charge is -2.28. The highest BCUT2D eigenvalue weighted by molar-refractivity contribution is 5.97. The summed E-state index contributed by atoms with van der Waals surface area (Å²) in [7, 11) is 0. The van der Waals surface area contributed by atoms with Crippen molar-refractivity contribution < 1.29 is 24.2 Å². The smallest absolute Gasteiger partial charge is 0.326 e. The molecule has 6 N–H and O–H groups in total. The van der Waals surface area contributed by atoms with Crippen LogP contribution in [0.1, 0.15) is 34.3 Å². The lowest BCUT2D eigenvalue weighted by atomic mass is 10.00. The van der Waals surface area contributed by atoms with Crippen molar-refractivity contribution in [3.63, 3.8) is 0 Å². The maximum atomic E-state index is 12.5. The first-order valence-corrected chi connectivity index (χ1v) is 11.5. The van der Waals surface area contributed by atoms with Crippen LogP contribution < -0.4 is 16.8 Å². The van der Waals surface area contributed by atoms with Gasteiger partial charge in [0, 0.05) is 31.5 Å². The molecule has 1 saturated heterocycles. The van der Waals surface area contributed by atoms with Crippen molar-refractivity contribution in [2.75, 3.05) is 26.3 Å². The Bertz CT molecular complexity index is 1060. The zero-order valence-corrected chi connectivity index (χ0v) is 19.5. The molecule has 0 spiro atoms. The number of amides is 2. The van der Waals surface area contributed by atoms with Crippen LogP contribution in [0.2, 0.25) is 0 Å². The topological polar surface area (TPSA) is 160 Å². The Labute approximate surface area is 204 Å². The van der Waals surface area contributed by atoms with E-state index in [1.54, 1.807) is 29.2 Å². The first-order valence-electron chi connectivity index (χ1n) is 11.5. The molecule has 1 aliphatic heterocycles. The van der Waals surface area contributed by atoms with E-state index in [1.807, 2.05) is 24.3 Å². The highest BCUT2D eigenvalue weighted by atomic mass is 16.5. The quantitative estimate of drug-likeness (QED) is 0.229. The zero-order valence-electron chi connectivity index (χ0n) is 19.5. The standard InChI is InChI=1S/C25H31N5O5/c26-24(27)28-20-5-2-4-19(16-20)22(31)6-1-3-17-7-9-18(10-8-17)15-21(23(32)33)29-25(34)30-11-13-35-14-12-30/h2,4-5,7-10,16,21H,1,3,6,11-15H2,(H,29,34)(H,32,33)(H4,26,27,28). The fourth-order valence-electron chi connectivity index (χ4n) is 3.78. The molecule has 0 aromatic heterocycles. The number of nitrogens with zero attached hydrogens (tertiary/aromatic N) is 2. The number of aryl methyl sites for hydroxylation is 1. The summed E-state index contributed by atoms with van der Waals surface area (Å²) in [6.07, 6.45) is 1.92. The van der Waals surface area contributed by atoms with Crippen molar-refractivity contribution in [3.8, 4) is 0 Å². The molecule has 1 heterocycles. The van der Waals surface area contributed by atoms with Gasteiger partial charge in [-0.2, -0.15) is 0 Å². The SMILES string of the molecule is NC(N)=Nc1cccc(C(=O)CCCc2ccc(CC(NC(=O)N3CCOCC3)C(=O)O)cc2)c1. The maximum absolute atomic E-state index is 12.5. The van der Waals surface area contributed by atoms with Crippen LogP contribution in [0.25, 0.3) is 0 Å². The molecule has 1 unspecified atom stereocenters. The maximum Gasteiger partial charge on any atom is 0.326 e. The van der Waals surface area contributed by atoms with E-state index in [4.69, 9.17) is 16.2 Å². The van der Waals surface area contributed by atoms with Crippen LogP contribution in [0.3, 0.4) is 0 Å². The number of morpholine rings is 1. The van der Waals surface area contributed by atoms with Gasteiger partial charge in [-0.1, -0.05) is 36.4 Å². The van der Waals surface area contributed by atoms with E-state index in [0.717, 1.165) is 11.1 Å². The van der Waals surface area contributed by atoms with Crippen LogP contribution >= 0.6 is 0 Å². The number of rotatable bonds is 10. The molecule has 0 bridgehead atoms. The summed E-state index contributed by atoms with van der Waals surface area (Å²) < 4.78 is 5.22. The number of hydrogen-bond donors (Lipinski definition) is 4. The molecular weight excluding hydrogens is 450 g/mol. The minimum atomic E-state index is -1.09. The predicted molar refractivity (Wildman–Crippen MR) is 132 cm³/mol. The third kappa shape index (κ3) is 8.11. The summed E-state index contributed by atoms with van der Waals surface area (Å²) >= 11 is 0. The Morgan fingerprint density at radius 1 is 1.06 bits per heavy atom. The van der Waals surface area contributed by atoms with E-state index < -0.39 is 18.0 Å². The molecule has 1 fully saturated rings. The molecule has 2 aromatic rings. The molecule has 2 amide bonds. The first-order chi connectivity index (χ1) is 16.8. The normalized spacial score (nSPS) is 14.1. The molecule has 0 aliphatic carbocycles. The molecular formula is C25H31N5O5. The van der Waals surface area contributed by atoms with E-state index in [2.05, 4.69) is 10.3 Å². The van der Waals surface area contributed by atoms with Gasteiger partial charge in [-0.05, 0) is 36.1 Å². The Kier molecular flexibility index (Phi) is 9.19. The lowest BCUT2D eigenvalue weighted by Crippen LogP contribution is -2.51. The average Bonchev–Trinajstić information content (AvgIpc) is 2.84. The second-order valence-corrected chi connectivity index (χ2v) is 8.32. The second kappa shape index (κ2) is 12.5. The predicted octanol–water partition coefficient (Wildman–Crippen LogP) is 1.83. The molecule has 0 radical (unpaired) electrons. The van der Waals surface area contributed by atoms with Crippen molar-refractivity contribution in [1.82, 2.24) is 10.2 Å². The van der Waals surface area contributed by atoms with Crippen molar-refractivity contribution in [3.05, 3.63) is 65.2 Å². The number of carboxylic acids is 1. The molecule has 10 nitrogen and oxygen atoms in total. The molecule has 2 aromatic carbocycles. The number of carbonyl (C=O) groups is 3. The molecule has 35 heavy (non-hydrogen) atoms. The molecule has 186 valence electrons. The van der Waals surface area contributed by atoms with Gasteiger partial charge >= 0.3 is 12.0 Å². The number of nitrogens with two attached hydrogens (primary N) is 2. The number of guanidine groups is 1. The second-order valence-electron chi connectivity index (χ2n) is 8.32. The minimum Gasteiger partial charge on any atom is -0.480 e.